The summed E-state index contributed by atoms with van der Waals surface area (Å²) in [6.07, 6.45) is 17.3. The second kappa shape index (κ2) is 11.6. The van der Waals surface area contributed by atoms with E-state index in [1.165, 1.54) is 66.1 Å². The lowest BCUT2D eigenvalue weighted by Crippen LogP contribution is -2.51. The van der Waals surface area contributed by atoms with Crippen LogP contribution in [0, 0.1) is 5.41 Å². The van der Waals surface area contributed by atoms with Crippen LogP contribution in [0.25, 0.3) is 91.7 Å². The van der Waals surface area contributed by atoms with Gasteiger partial charge in [0.1, 0.15) is 0 Å². The molecule has 0 aliphatic heterocycles. The van der Waals surface area contributed by atoms with Crippen LogP contribution in [-0.2, 0) is 0 Å². The van der Waals surface area contributed by atoms with Crippen LogP contribution in [0.4, 0.5) is 22.7 Å². The minimum atomic E-state index is 0.0988. The van der Waals surface area contributed by atoms with E-state index in [0.717, 1.165) is 44.3 Å². The van der Waals surface area contributed by atoms with E-state index >= 15 is 0 Å². The van der Waals surface area contributed by atoms with Crippen LogP contribution in [0.3, 0.4) is 0 Å². The second-order valence-corrected chi connectivity index (χ2v) is 14.7. The van der Waals surface area contributed by atoms with Crippen LogP contribution in [0.1, 0.15) is 44.5 Å². The lowest BCUT2D eigenvalue weighted by molar-refractivity contribution is 0.949. The Morgan fingerprint density at radius 1 is 0.411 bits per heavy atom. The van der Waals surface area contributed by atoms with Crippen LogP contribution < -0.4 is 21.1 Å². The Morgan fingerprint density at radius 3 is 1.38 bits per heavy atom. The fraction of sp³-hybridized carbons (Fsp3) is 0. The molecule has 6 heteroatoms. The molecule has 56 heavy (non-hydrogen) atoms. The lowest BCUT2D eigenvalue weighted by Gasteiger charge is -2.30. The van der Waals surface area contributed by atoms with E-state index < -0.39 is 0 Å². The highest BCUT2D eigenvalue weighted by molar-refractivity contribution is 6.21. The predicted octanol–water partition coefficient (Wildman–Crippen LogP) is 12.4. The number of benzene rings is 8. The summed E-state index contributed by atoms with van der Waals surface area (Å²) in [5.41, 5.74) is 16.4. The third-order valence-electron chi connectivity index (χ3n) is 11.6. The van der Waals surface area contributed by atoms with E-state index in [9.17, 15) is 5.41 Å². The van der Waals surface area contributed by atoms with Crippen molar-refractivity contribution in [3.8, 4) is 0 Å². The van der Waals surface area contributed by atoms with Gasteiger partial charge in [-0.3, -0.25) is 10.8 Å². The lowest BCUT2D eigenvalue weighted by atomic mass is 10.0. The number of hydrogen-bond acceptors (Lipinski definition) is 2. The number of guanidine groups is 2. The molecular weight excluding hydrogens is 685 g/mol. The van der Waals surface area contributed by atoms with Crippen LogP contribution in [0.5, 0.6) is 0 Å². The Kier molecular flexibility index (Phi) is 6.39. The molecule has 0 saturated heterocycles. The third kappa shape index (κ3) is 4.56. The van der Waals surface area contributed by atoms with E-state index in [-0.39, 0.29) is 5.96 Å². The van der Waals surface area contributed by atoms with Gasteiger partial charge in [0.25, 0.3) is 0 Å². The Hall–Kier alpha value is -7.70. The highest BCUT2D eigenvalue weighted by atomic mass is 15.6. The summed E-state index contributed by atoms with van der Waals surface area (Å²) in [4.78, 5) is 5.52. The molecule has 4 N–H and O–H groups in total. The minimum Gasteiger partial charge on any atom is -0.325 e. The van der Waals surface area contributed by atoms with Crippen molar-refractivity contribution < 1.29 is 0 Å². The van der Waals surface area contributed by atoms with Gasteiger partial charge in [0.15, 0.2) is 0 Å². The SMILES string of the molecule is N=C(Nc1ccc2c3c(cccc13)C=C2)NN(C(=Nc1ccc2c3c(cccc13)C=C2)Nc1ccc2c3c(cccc13)C=C2)c1ccc2c3c(cccc13)C=C2. The van der Waals surface area contributed by atoms with Gasteiger partial charge in [0.2, 0.25) is 11.9 Å². The first-order valence-electron chi connectivity index (χ1n) is 18.9. The molecule has 0 heterocycles. The monoisotopic (exact) mass is 716 g/mol. The molecule has 0 saturated carbocycles. The highest BCUT2D eigenvalue weighted by Gasteiger charge is 2.24. The van der Waals surface area contributed by atoms with Crippen molar-refractivity contribution in [3.63, 3.8) is 0 Å². The molecule has 0 aromatic heterocycles. The van der Waals surface area contributed by atoms with E-state index in [1.54, 1.807) is 0 Å². The number of anilines is 3. The number of hydrazine groups is 1. The zero-order valence-electron chi connectivity index (χ0n) is 30.1. The average molecular weight is 717 g/mol. The van der Waals surface area contributed by atoms with E-state index in [4.69, 9.17) is 4.99 Å². The Bertz CT molecular complexity index is 3200. The number of nitrogens with one attached hydrogen (secondary N) is 4. The average Bonchev–Trinajstić information content (AvgIpc) is 4.05. The van der Waals surface area contributed by atoms with Gasteiger partial charge in [-0.2, -0.15) is 0 Å². The molecule has 0 amide bonds. The van der Waals surface area contributed by atoms with Crippen molar-refractivity contribution in [2.45, 2.75) is 0 Å². The fourth-order valence-corrected chi connectivity index (χ4v) is 9.03. The first kappa shape index (κ1) is 30.7. The topological polar surface area (TPSA) is 75.5 Å². The van der Waals surface area contributed by atoms with Crippen molar-refractivity contribution in [3.05, 3.63) is 166 Å². The normalized spacial score (nSPS) is 13.6. The van der Waals surface area contributed by atoms with Crippen molar-refractivity contribution in [2.24, 2.45) is 4.99 Å². The van der Waals surface area contributed by atoms with Gasteiger partial charge in [-0.15, -0.1) is 0 Å². The zero-order chi connectivity index (χ0) is 36.9. The van der Waals surface area contributed by atoms with Crippen LogP contribution in [0.2, 0.25) is 0 Å². The third-order valence-corrected chi connectivity index (χ3v) is 11.6. The molecule has 0 radical (unpaired) electrons. The standard InChI is InChI=1S/C50H32N6/c51-49(52-41-25-21-33-17-13-29-5-1-9-37(41)45(29)33)55-56(44-28-24-36-20-16-32-8-4-12-40(44)48(32)36)50(53-42-26-22-34-18-14-30-6-2-10-38(42)46(30)34)54-43-27-23-35-19-15-31-7-3-11-39(43)47(31)35/h1-28H,(H,53,54)(H3,51,52,55). The minimum absolute atomic E-state index is 0.0988. The largest absolute Gasteiger partial charge is 0.325 e. The molecule has 4 aliphatic rings. The molecule has 0 fully saturated rings. The number of nitrogens with zero attached hydrogens (tertiary/aromatic N) is 2. The van der Waals surface area contributed by atoms with Crippen molar-refractivity contribution in [1.29, 1.82) is 5.41 Å². The molecule has 8 aromatic rings. The maximum Gasteiger partial charge on any atom is 0.227 e. The fourth-order valence-electron chi connectivity index (χ4n) is 9.03. The molecular formula is C50H32N6. The Morgan fingerprint density at radius 2 is 0.821 bits per heavy atom. The highest BCUT2D eigenvalue weighted by Crippen LogP contribution is 2.41. The van der Waals surface area contributed by atoms with Gasteiger partial charge in [-0.25, -0.2) is 10.0 Å². The Balaban J connectivity index is 1.05. The van der Waals surface area contributed by atoms with Gasteiger partial charge in [0.05, 0.1) is 11.4 Å². The maximum absolute atomic E-state index is 9.56. The van der Waals surface area contributed by atoms with Crippen molar-refractivity contribution in [1.82, 2.24) is 5.43 Å². The van der Waals surface area contributed by atoms with Crippen LogP contribution in [-0.4, -0.2) is 11.9 Å². The quantitative estimate of drug-likeness (QED) is 0.0831. The van der Waals surface area contributed by atoms with Gasteiger partial charge < -0.3 is 10.6 Å². The zero-order valence-corrected chi connectivity index (χ0v) is 30.1. The van der Waals surface area contributed by atoms with Crippen LogP contribution in [0.15, 0.2) is 126 Å². The molecule has 0 atom stereocenters. The first-order chi connectivity index (χ1) is 27.6. The summed E-state index contributed by atoms with van der Waals surface area (Å²) in [7, 11) is 0. The molecule has 0 bridgehead atoms. The smallest absolute Gasteiger partial charge is 0.227 e. The molecule has 8 aromatic carbocycles. The second-order valence-electron chi connectivity index (χ2n) is 14.7. The molecule has 12 rings (SSSR count). The summed E-state index contributed by atoms with van der Waals surface area (Å²) in [5.74, 6) is 0.618. The number of hydrogen-bond donors (Lipinski definition) is 4. The van der Waals surface area contributed by atoms with E-state index in [1.807, 2.05) is 5.01 Å². The van der Waals surface area contributed by atoms with Crippen molar-refractivity contribution in [2.75, 3.05) is 15.6 Å². The summed E-state index contributed by atoms with van der Waals surface area (Å²) in [5, 5.41) is 27.8. The molecule has 4 aliphatic carbocycles. The summed E-state index contributed by atoms with van der Waals surface area (Å²) >= 11 is 0. The maximum atomic E-state index is 9.56. The number of aliphatic imine (C=N–C) groups is 1. The molecule has 262 valence electrons. The molecule has 0 unspecified atom stereocenters. The molecule has 6 nitrogen and oxygen atoms in total. The Labute approximate surface area is 322 Å². The van der Waals surface area contributed by atoms with Crippen LogP contribution >= 0.6 is 0 Å². The number of rotatable bonds is 4. The predicted molar refractivity (Wildman–Crippen MR) is 239 cm³/mol. The van der Waals surface area contributed by atoms with Gasteiger partial charge in [-0.1, -0.05) is 146 Å². The van der Waals surface area contributed by atoms with Gasteiger partial charge in [-0.05, 0) is 90.3 Å². The summed E-state index contributed by atoms with van der Waals surface area (Å²) in [6, 6.07) is 42.5. The van der Waals surface area contributed by atoms with E-state index in [0.29, 0.717) is 5.96 Å². The summed E-state index contributed by atoms with van der Waals surface area (Å²) < 4.78 is 0. The molecule has 0 spiro atoms. The summed E-state index contributed by atoms with van der Waals surface area (Å²) in [6.45, 7) is 0. The van der Waals surface area contributed by atoms with Crippen molar-refractivity contribution >= 4 is 126 Å². The first-order valence-corrected chi connectivity index (χ1v) is 18.9. The van der Waals surface area contributed by atoms with Gasteiger partial charge in [0, 0.05) is 32.9 Å². The van der Waals surface area contributed by atoms with Gasteiger partial charge >= 0.3 is 0 Å². The van der Waals surface area contributed by atoms with E-state index in [2.05, 4.69) is 186 Å².